The van der Waals surface area contributed by atoms with Crippen molar-refractivity contribution in [3.8, 4) is 12.3 Å². The van der Waals surface area contributed by atoms with Gasteiger partial charge in [-0.15, -0.1) is 12.3 Å². The molecule has 2 heteroatoms. The summed E-state index contributed by atoms with van der Waals surface area (Å²) >= 11 is 0. The van der Waals surface area contributed by atoms with Gasteiger partial charge < -0.3 is 4.90 Å². The SMILES string of the molecule is C#CC1CCN(C(C)=O)C1. The maximum absolute atomic E-state index is 10.8. The second kappa shape index (κ2) is 2.74. The smallest absolute Gasteiger partial charge is 0.219 e. The predicted octanol–water partition coefficient (Wildman–Crippen LogP) is 0.488. The van der Waals surface area contributed by atoms with E-state index < -0.39 is 0 Å². The Hall–Kier alpha value is -0.970. The molecule has 0 aromatic rings. The summed E-state index contributed by atoms with van der Waals surface area (Å²) in [7, 11) is 0. The van der Waals surface area contributed by atoms with Gasteiger partial charge in [0.15, 0.2) is 0 Å². The Balaban J connectivity index is 2.45. The van der Waals surface area contributed by atoms with Crippen LogP contribution < -0.4 is 0 Å². The molecule has 1 saturated heterocycles. The van der Waals surface area contributed by atoms with Crippen molar-refractivity contribution in [2.75, 3.05) is 13.1 Å². The lowest BCUT2D eigenvalue weighted by atomic mass is 10.1. The topological polar surface area (TPSA) is 20.3 Å². The van der Waals surface area contributed by atoms with E-state index in [1.165, 1.54) is 0 Å². The van der Waals surface area contributed by atoms with Crippen molar-refractivity contribution in [1.29, 1.82) is 0 Å². The summed E-state index contributed by atoms with van der Waals surface area (Å²) in [5, 5.41) is 0. The Kier molecular flexibility index (Phi) is 1.96. The fraction of sp³-hybridized carbons (Fsp3) is 0.625. The summed E-state index contributed by atoms with van der Waals surface area (Å²) in [6.45, 7) is 3.18. The molecule has 1 heterocycles. The fourth-order valence-corrected chi connectivity index (χ4v) is 1.18. The first kappa shape index (κ1) is 7.14. The molecule has 1 aliphatic rings. The highest BCUT2D eigenvalue weighted by molar-refractivity contribution is 5.73. The molecule has 0 N–H and O–H groups in total. The van der Waals surface area contributed by atoms with Crippen molar-refractivity contribution < 1.29 is 4.79 Å². The number of amides is 1. The molecule has 0 aliphatic carbocycles. The zero-order valence-corrected chi connectivity index (χ0v) is 6.13. The fourth-order valence-electron chi connectivity index (χ4n) is 1.18. The Morgan fingerprint density at radius 2 is 2.50 bits per heavy atom. The normalized spacial score (nSPS) is 24.4. The van der Waals surface area contributed by atoms with Gasteiger partial charge in [-0.2, -0.15) is 0 Å². The summed E-state index contributed by atoms with van der Waals surface area (Å²) in [6, 6.07) is 0. The Morgan fingerprint density at radius 1 is 1.80 bits per heavy atom. The number of likely N-dealkylation sites (tertiary alicyclic amines) is 1. The van der Waals surface area contributed by atoms with E-state index in [1.807, 2.05) is 0 Å². The summed E-state index contributed by atoms with van der Waals surface area (Å²) in [5.74, 6) is 3.09. The van der Waals surface area contributed by atoms with Gasteiger partial charge in [0.05, 0.1) is 0 Å². The lowest BCUT2D eigenvalue weighted by Crippen LogP contribution is -2.25. The van der Waals surface area contributed by atoms with Gasteiger partial charge in [-0.05, 0) is 6.42 Å². The molecule has 0 radical (unpaired) electrons. The third kappa shape index (κ3) is 1.30. The van der Waals surface area contributed by atoms with E-state index in [4.69, 9.17) is 6.42 Å². The zero-order chi connectivity index (χ0) is 7.56. The van der Waals surface area contributed by atoms with Crippen LogP contribution in [0.3, 0.4) is 0 Å². The van der Waals surface area contributed by atoms with Gasteiger partial charge in [0.1, 0.15) is 0 Å². The van der Waals surface area contributed by atoms with Crippen molar-refractivity contribution >= 4 is 5.91 Å². The average Bonchev–Trinajstić information content (AvgIpc) is 2.34. The maximum Gasteiger partial charge on any atom is 0.219 e. The van der Waals surface area contributed by atoms with Crippen molar-refractivity contribution in [3.05, 3.63) is 0 Å². The van der Waals surface area contributed by atoms with Gasteiger partial charge in [0.2, 0.25) is 5.91 Å². The van der Waals surface area contributed by atoms with Crippen LogP contribution in [0.25, 0.3) is 0 Å². The molecule has 10 heavy (non-hydrogen) atoms. The van der Waals surface area contributed by atoms with E-state index in [0.29, 0.717) is 5.92 Å². The Bertz CT molecular complexity index is 180. The first-order valence-corrected chi connectivity index (χ1v) is 3.45. The Labute approximate surface area is 61.2 Å². The van der Waals surface area contributed by atoms with Crippen LogP contribution in [-0.4, -0.2) is 23.9 Å². The molecule has 1 aliphatic heterocycles. The molecule has 1 fully saturated rings. The molecule has 2 nitrogen and oxygen atoms in total. The van der Waals surface area contributed by atoms with Gasteiger partial charge >= 0.3 is 0 Å². The molecule has 0 saturated carbocycles. The van der Waals surface area contributed by atoms with Crippen LogP contribution in [0.4, 0.5) is 0 Å². The lowest BCUT2D eigenvalue weighted by molar-refractivity contribution is -0.127. The minimum atomic E-state index is 0.137. The van der Waals surface area contributed by atoms with Crippen molar-refractivity contribution in [1.82, 2.24) is 4.90 Å². The van der Waals surface area contributed by atoms with E-state index in [2.05, 4.69) is 5.92 Å². The van der Waals surface area contributed by atoms with Crippen LogP contribution in [0.1, 0.15) is 13.3 Å². The average molecular weight is 137 g/mol. The van der Waals surface area contributed by atoms with Crippen LogP contribution in [0, 0.1) is 18.3 Å². The van der Waals surface area contributed by atoms with Crippen molar-refractivity contribution in [2.45, 2.75) is 13.3 Å². The monoisotopic (exact) mass is 137 g/mol. The van der Waals surface area contributed by atoms with Crippen molar-refractivity contribution in [3.63, 3.8) is 0 Å². The number of hydrogen-bond acceptors (Lipinski definition) is 1. The molecule has 0 spiro atoms. The number of carbonyl (C=O) groups excluding carboxylic acids is 1. The van der Waals surface area contributed by atoms with Gasteiger partial charge in [-0.3, -0.25) is 4.79 Å². The molecule has 1 amide bonds. The van der Waals surface area contributed by atoms with E-state index in [-0.39, 0.29) is 5.91 Å². The second-order valence-electron chi connectivity index (χ2n) is 2.62. The van der Waals surface area contributed by atoms with Crippen LogP contribution in [0.2, 0.25) is 0 Å². The van der Waals surface area contributed by atoms with Crippen molar-refractivity contribution in [2.24, 2.45) is 5.92 Å². The standard InChI is InChI=1S/C8H11NO/c1-3-8-4-5-9(6-8)7(2)10/h1,8H,4-6H2,2H3. The molecule has 0 bridgehead atoms. The number of carbonyl (C=O) groups is 1. The van der Waals surface area contributed by atoms with Gasteiger partial charge in [-0.1, -0.05) is 0 Å². The molecule has 0 aromatic heterocycles. The van der Waals surface area contributed by atoms with E-state index >= 15 is 0 Å². The van der Waals surface area contributed by atoms with E-state index in [0.717, 1.165) is 19.5 Å². The first-order chi connectivity index (χ1) is 4.74. The van der Waals surface area contributed by atoms with Gasteiger partial charge in [0.25, 0.3) is 0 Å². The predicted molar refractivity (Wildman–Crippen MR) is 39.2 cm³/mol. The van der Waals surface area contributed by atoms with Crippen LogP contribution in [-0.2, 0) is 4.79 Å². The maximum atomic E-state index is 10.8. The summed E-state index contributed by atoms with van der Waals surface area (Å²) in [6.07, 6.45) is 6.18. The summed E-state index contributed by atoms with van der Waals surface area (Å²) in [4.78, 5) is 12.6. The minimum Gasteiger partial charge on any atom is -0.342 e. The third-order valence-electron chi connectivity index (χ3n) is 1.87. The van der Waals surface area contributed by atoms with E-state index in [1.54, 1.807) is 11.8 Å². The molecule has 54 valence electrons. The highest BCUT2D eigenvalue weighted by Crippen LogP contribution is 2.14. The number of hydrogen-bond donors (Lipinski definition) is 0. The van der Waals surface area contributed by atoms with Gasteiger partial charge in [0, 0.05) is 25.9 Å². The lowest BCUT2D eigenvalue weighted by Gasteiger charge is -2.11. The summed E-state index contributed by atoms with van der Waals surface area (Å²) < 4.78 is 0. The molecule has 1 atom stereocenters. The number of nitrogens with zero attached hydrogens (tertiary/aromatic N) is 1. The molecular formula is C8H11NO. The minimum absolute atomic E-state index is 0.137. The Morgan fingerprint density at radius 3 is 2.80 bits per heavy atom. The number of rotatable bonds is 0. The molecule has 1 rings (SSSR count). The van der Waals surface area contributed by atoms with Gasteiger partial charge in [-0.25, -0.2) is 0 Å². The highest BCUT2D eigenvalue weighted by atomic mass is 16.2. The van der Waals surface area contributed by atoms with Crippen LogP contribution >= 0.6 is 0 Å². The largest absolute Gasteiger partial charge is 0.342 e. The van der Waals surface area contributed by atoms with Crippen LogP contribution in [0.15, 0.2) is 0 Å². The molecule has 0 aromatic carbocycles. The first-order valence-electron chi connectivity index (χ1n) is 3.45. The zero-order valence-electron chi connectivity index (χ0n) is 6.13. The van der Waals surface area contributed by atoms with E-state index in [9.17, 15) is 4.79 Å². The highest BCUT2D eigenvalue weighted by Gasteiger charge is 2.21. The van der Waals surface area contributed by atoms with Crippen LogP contribution in [0.5, 0.6) is 0 Å². The molecular weight excluding hydrogens is 126 g/mol. The third-order valence-corrected chi connectivity index (χ3v) is 1.87. The number of terminal acetylenes is 1. The molecule has 1 unspecified atom stereocenters. The summed E-state index contributed by atoms with van der Waals surface area (Å²) in [5.41, 5.74) is 0. The quantitative estimate of drug-likeness (QED) is 0.445. The second-order valence-corrected chi connectivity index (χ2v) is 2.62.